The Morgan fingerprint density at radius 3 is 2.07 bits per heavy atom. The molecule has 0 fully saturated rings. The molecule has 0 saturated carbocycles. The molecule has 0 radical (unpaired) electrons. The summed E-state index contributed by atoms with van der Waals surface area (Å²) in [6.07, 6.45) is 16.0. The van der Waals surface area contributed by atoms with Crippen molar-refractivity contribution in [1.29, 1.82) is 0 Å². The summed E-state index contributed by atoms with van der Waals surface area (Å²) >= 11 is 0. The van der Waals surface area contributed by atoms with E-state index in [0.717, 1.165) is 5.92 Å². The second kappa shape index (κ2) is 11.8. The maximum absolute atomic E-state index is 3.80. The van der Waals surface area contributed by atoms with Gasteiger partial charge >= 0.3 is 0 Å². The number of allylic oxidation sites excluding steroid dienone is 1. The molecule has 0 rings (SSSR count). The molecule has 0 aromatic heterocycles. The first-order chi connectivity index (χ1) is 7.35. The Morgan fingerprint density at radius 1 is 0.867 bits per heavy atom. The average molecular weight is 210 g/mol. The monoisotopic (exact) mass is 210 g/mol. The van der Waals surface area contributed by atoms with Gasteiger partial charge in [-0.1, -0.05) is 71.3 Å². The highest BCUT2D eigenvalue weighted by Gasteiger charge is 2.07. The minimum atomic E-state index is 0.997. The number of hydrogen-bond donors (Lipinski definition) is 0. The zero-order valence-corrected chi connectivity index (χ0v) is 10.9. The van der Waals surface area contributed by atoms with Crippen LogP contribution in [0.4, 0.5) is 0 Å². The van der Waals surface area contributed by atoms with Crippen LogP contribution in [0, 0.1) is 5.92 Å². The van der Waals surface area contributed by atoms with Crippen LogP contribution >= 0.6 is 0 Å². The van der Waals surface area contributed by atoms with Gasteiger partial charge in [0.2, 0.25) is 0 Å². The molecule has 0 bridgehead atoms. The SMILES string of the molecule is C=CCCCC(CCCC)CCCCC. The van der Waals surface area contributed by atoms with Gasteiger partial charge < -0.3 is 0 Å². The Bertz CT molecular complexity index is 126. The molecule has 0 heterocycles. The predicted molar refractivity (Wildman–Crippen MR) is 71.2 cm³/mol. The molecular weight excluding hydrogens is 180 g/mol. The van der Waals surface area contributed by atoms with Crippen LogP contribution < -0.4 is 0 Å². The third kappa shape index (κ3) is 10.0. The van der Waals surface area contributed by atoms with E-state index in [4.69, 9.17) is 0 Å². The summed E-state index contributed by atoms with van der Waals surface area (Å²) in [5.41, 5.74) is 0. The highest BCUT2D eigenvalue weighted by molar-refractivity contribution is 4.68. The first-order valence-electron chi connectivity index (χ1n) is 6.96. The fourth-order valence-corrected chi connectivity index (χ4v) is 2.16. The van der Waals surface area contributed by atoms with Gasteiger partial charge in [0.15, 0.2) is 0 Å². The van der Waals surface area contributed by atoms with E-state index in [0.29, 0.717) is 0 Å². The molecular formula is C15H30. The zero-order chi connectivity index (χ0) is 11.4. The normalized spacial score (nSPS) is 12.7. The first kappa shape index (κ1) is 14.7. The lowest BCUT2D eigenvalue weighted by Crippen LogP contribution is -2.00. The minimum Gasteiger partial charge on any atom is -0.103 e. The van der Waals surface area contributed by atoms with E-state index >= 15 is 0 Å². The van der Waals surface area contributed by atoms with Crippen molar-refractivity contribution in [3.05, 3.63) is 12.7 Å². The van der Waals surface area contributed by atoms with E-state index in [9.17, 15) is 0 Å². The second-order valence-corrected chi connectivity index (χ2v) is 4.72. The lowest BCUT2D eigenvalue weighted by atomic mass is 9.91. The fourth-order valence-electron chi connectivity index (χ4n) is 2.16. The van der Waals surface area contributed by atoms with Crippen molar-refractivity contribution in [2.75, 3.05) is 0 Å². The summed E-state index contributed by atoms with van der Waals surface area (Å²) in [6, 6.07) is 0. The molecule has 0 N–H and O–H groups in total. The molecule has 0 aromatic rings. The van der Waals surface area contributed by atoms with Crippen LogP contribution in [0.15, 0.2) is 12.7 Å². The maximum atomic E-state index is 3.80. The minimum absolute atomic E-state index is 0.997. The molecule has 0 spiro atoms. The van der Waals surface area contributed by atoms with Crippen LogP contribution in [-0.4, -0.2) is 0 Å². The smallest absolute Gasteiger partial charge is 0.0353 e. The van der Waals surface area contributed by atoms with Gasteiger partial charge in [-0.25, -0.2) is 0 Å². The van der Waals surface area contributed by atoms with Crippen LogP contribution in [0.5, 0.6) is 0 Å². The van der Waals surface area contributed by atoms with E-state index in [1.807, 2.05) is 0 Å². The van der Waals surface area contributed by atoms with Gasteiger partial charge in [-0.05, 0) is 18.8 Å². The quantitative estimate of drug-likeness (QED) is 0.302. The molecule has 1 unspecified atom stereocenters. The van der Waals surface area contributed by atoms with Crippen molar-refractivity contribution < 1.29 is 0 Å². The molecule has 0 heteroatoms. The Hall–Kier alpha value is -0.260. The Kier molecular flexibility index (Phi) is 11.6. The van der Waals surface area contributed by atoms with Crippen LogP contribution in [-0.2, 0) is 0 Å². The van der Waals surface area contributed by atoms with Gasteiger partial charge in [-0.15, -0.1) is 6.58 Å². The zero-order valence-electron chi connectivity index (χ0n) is 10.9. The van der Waals surface area contributed by atoms with E-state index in [-0.39, 0.29) is 0 Å². The van der Waals surface area contributed by atoms with Crippen molar-refractivity contribution >= 4 is 0 Å². The lowest BCUT2D eigenvalue weighted by Gasteiger charge is -2.15. The summed E-state index contributed by atoms with van der Waals surface area (Å²) in [6.45, 7) is 8.38. The topological polar surface area (TPSA) is 0 Å². The third-order valence-corrected chi connectivity index (χ3v) is 3.20. The molecule has 0 aromatic carbocycles. The summed E-state index contributed by atoms with van der Waals surface area (Å²) in [5.74, 6) is 0.997. The maximum Gasteiger partial charge on any atom is -0.0353 e. The lowest BCUT2D eigenvalue weighted by molar-refractivity contribution is 0.382. The second-order valence-electron chi connectivity index (χ2n) is 4.72. The standard InChI is InChI=1S/C15H30/c1-4-7-10-13-15(12-9-6-3)14-11-8-5-2/h4,15H,1,5-14H2,2-3H3. The molecule has 1 atom stereocenters. The van der Waals surface area contributed by atoms with Gasteiger partial charge in [0.05, 0.1) is 0 Å². The summed E-state index contributed by atoms with van der Waals surface area (Å²) in [4.78, 5) is 0. The number of rotatable bonds is 11. The van der Waals surface area contributed by atoms with Gasteiger partial charge in [0, 0.05) is 0 Å². The summed E-state index contributed by atoms with van der Waals surface area (Å²) in [5, 5.41) is 0. The first-order valence-corrected chi connectivity index (χ1v) is 6.96. The highest BCUT2D eigenvalue weighted by Crippen LogP contribution is 2.22. The van der Waals surface area contributed by atoms with E-state index < -0.39 is 0 Å². The molecule has 0 aliphatic carbocycles. The van der Waals surface area contributed by atoms with Crippen molar-refractivity contribution in [1.82, 2.24) is 0 Å². The molecule has 0 aliphatic heterocycles. The van der Waals surface area contributed by atoms with E-state index in [2.05, 4.69) is 26.5 Å². The van der Waals surface area contributed by atoms with Crippen LogP contribution in [0.2, 0.25) is 0 Å². The predicted octanol–water partition coefficient (Wildman–Crippen LogP) is 5.73. The number of unbranched alkanes of at least 4 members (excludes halogenated alkanes) is 4. The van der Waals surface area contributed by atoms with Gasteiger partial charge in [0.25, 0.3) is 0 Å². The van der Waals surface area contributed by atoms with Crippen LogP contribution in [0.3, 0.4) is 0 Å². The van der Waals surface area contributed by atoms with Gasteiger partial charge in [-0.3, -0.25) is 0 Å². The van der Waals surface area contributed by atoms with Crippen LogP contribution in [0.25, 0.3) is 0 Å². The highest BCUT2D eigenvalue weighted by atomic mass is 14.1. The van der Waals surface area contributed by atoms with E-state index in [1.54, 1.807) is 0 Å². The molecule has 0 nitrogen and oxygen atoms in total. The van der Waals surface area contributed by atoms with Crippen molar-refractivity contribution in [2.45, 2.75) is 78.1 Å². The van der Waals surface area contributed by atoms with Gasteiger partial charge in [-0.2, -0.15) is 0 Å². The van der Waals surface area contributed by atoms with Crippen molar-refractivity contribution in [2.24, 2.45) is 5.92 Å². The summed E-state index contributed by atoms with van der Waals surface area (Å²) in [7, 11) is 0. The molecule has 90 valence electrons. The Labute approximate surface area is 97.2 Å². The third-order valence-electron chi connectivity index (χ3n) is 3.20. The summed E-state index contributed by atoms with van der Waals surface area (Å²) < 4.78 is 0. The van der Waals surface area contributed by atoms with Crippen LogP contribution in [0.1, 0.15) is 78.1 Å². The average Bonchev–Trinajstić information content (AvgIpc) is 2.25. The number of hydrogen-bond acceptors (Lipinski definition) is 0. The molecule has 0 aliphatic rings. The molecule has 0 saturated heterocycles. The molecule has 0 amide bonds. The Morgan fingerprint density at radius 2 is 1.47 bits per heavy atom. The van der Waals surface area contributed by atoms with Gasteiger partial charge in [0.1, 0.15) is 0 Å². The van der Waals surface area contributed by atoms with Crippen molar-refractivity contribution in [3.63, 3.8) is 0 Å². The Balaban J connectivity index is 3.57. The van der Waals surface area contributed by atoms with Crippen molar-refractivity contribution in [3.8, 4) is 0 Å². The largest absolute Gasteiger partial charge is 0.103 e. The van der Waals surface area contributed by atoms with E-state index in [1.165, 1.54) is 64.2 Å². The fraction of sp³-hybridized carbons (Fsp3) is 0.867. The molecule has 15 heavy (non-hydrogen) atoms.